The van der Waals surface area contributed by atoms with E-state index in [4.69, 9.17) is 9.47 Å². The Balaban J connectivity index is 1.68. The van der Waals surface area contributed by atoms with Gasteiger partial charge >= 0.3 is 0 Å². The molecule has 28 heavy (non-hydrogen) atoms. The number of carbonyl (C=O) groups excluding carboxylic acids is 1. The van der Waals surface area contributed by atoms with Crippen LogP contribution < -0.4 is 10.1 Å². The molecule has 1 amide bonds. The fourth-order valence-corrected chi connectivity index (χ4v) is 3.89. The summed E-state index contributed by atoms with van der Waals surface area (Å²) in [5.74, 6) is 0.698. The molecule has 150 valence electrons. The van der Waals surface area contributed by atoms with Crippen LogP contribution in [0.3, 0.4) is 0 Å². The maximum atomic E-state index is 12.8. The fraction of sp³-hybridized carbons (Fsp3) is 0.458. The maximum Gasteiger partial charge on any atom is 0.260 e. The first-order valence-electron chi connectivity index (χ1n) is 10.1. The van der Waals surface area contributed by atoms with Crippen LogP contribution in [0.4, 0.5) is 0 Å². The lowest BCUT2D eigenvalue weighted by Gasteiger charge is -2.38. The highest BCUT2D eigenvalue weighted by Crippen LogP contribution is 2.34. The van der Waals surface area contributed by atoms with Gasteiger partial charge in [-0.2, -0.15) is 0 Å². The summed E-state index contributed by atoms with van der Waals surface area (Å²) in [6.45, 7) is 9.98. The summed E-state index contributed by atoms with van der Waals surface area (Å²) in [6, 6.07) is 14.6. The summed E-state index contributed by atoms with van der Waals surface area (Å²) in [7, 11) is 0. The summed E-state index contributed by atoms with van der Waals surface area (Å²) in [4.78, 5) is 12.8. The minimum atomic E-state index is -0.549. The molecule has 0 aromatic heterocycles. The van der Waals surface area contributed by atoms with Crippen LogP contribution in [-0.4, -0.2) is 31.8 Å². The van der Waals surface area contributed by atoms with Crippen LogP contribution >= 0.6 is 0 Å². The Kier molecular flexibility index (Phi) is 6.40. The first-order valence-corrected chi connectivity index (χ1v) is 10.1. The van der Waals surface area contributed by atoms with Crippen molar-refractivity contribution in [3.63, 3.8) is 0 Å². The van der Waals surface area contributed by atoms with E-state index in [-0.39, 0.29) is 11.3 Å². The largest absolute Gasteiger partial charge is 0.481 e. The lowest BCUT2D eigenvalue weighted by atomic mass is 9.74. The minimum absolute atomic E-state index is 0.0786. The maximum absolute atomic E-state index is 12.8. The van der Waals surface area contributed by atoms with Gasteiger partial charge < -0.3 is 14.8 Å². The van der Waals surface area contributed by atoms with Gasteiger partial charge in [0.1, 0.15) is 5.75 Å². The minimum Gasteiger partial charge on any atom is -0.481 e. The van der Waals surface area contributed by atoms with Crippen molar-refractivity contribution in [3.8, 4) is 5.75 Å². The molecule has 1 fully saturated rings. The Bertz CT molecular complexity index is 810. The van der Waals surface area contributed by atoms with E-state index in [1.54, 1.807) is 0 Å². The van der Waals surface area contributed by atoms with Crippen molar-refractivity contribution in [1.82, 2.24) is 5.32 Å². The number of benzene rings is 2. The third-order valence-corrected chi connectivity index (χ3v) is 5.87. The van der Waals surface area contributed by atoms with Crippen molar-refractivity contribution in [3.05, 3.63) is 64.7 Å². The van der Waals surface area contributed by atoms with Gasteiger partial charge in [-0.3, -0.25) is 4.79 Å². The average Bonchev–Trinajstić information content (AvgIpc) is 2.71. The second-order valence-corrected chi connectivity index (χ2v) is 7.94. The van der Waals surface area contributed by atoms with E-state index in [0.717, 1.165) is 42.9 Å². The quantitative estimate of drug-likeness (QED) is 0.814. The molecule has 0 spiro atoms. The Morgan fingerprint density at radius 3 is 2.50 bits per heavy atom. The normalized spacial score (nSPS) is 17.0. The molecule has 1 heterocycles. The van der Waals surface area contributed by atoms with Gasteiger partial charge in [0.2, 0.25) is 0 Å². The zero-order valence-electron chi connectivity index (χ0n) is 17.4. The summed E-state index contributed by atoms with van der Waals surface area (Å²) >= 11 is 0. The molecule has 1 unspecified atom stereocenters. The molecule has 1 aliphatic heterocycles. The van der Waals surface area contributed by atoms with E-state index >= 15 is 0 Å². The van der Waals surface area contributed by atoms with E-state index in [0.29, 0.717) is 6.54 Å². The third kappa shape index (κ3) is 4.56. The molecule has 1 atom stereocenters. The summed E-state index contributed by atoms with van der Waals surface area (Å²) < 4.78 is 11.6. The Morgan fingerprint density at radius 2 is 1.82 bits per heavy atom. The lowest BCUT2D eigenvalue weighted by Crippen LogP contribution is -2.47. The van der Waals surface area contributed by atoms with Crippen LogP contribution in [-0.2, 0) is 14.9 Å². The van der Waals surface area contributed by atoms with Gasteiger partial charge in [-0.25, -0.2) is 0 Å². The number of hydrogen-bond donors (Lipinski definition) is 1. The average molecular weight is 382 g/mol. The molecule has 0 aliphatic carbocycles. The molecule has 1 saturated heterocycles. The van der Waals surface area contributed by atoms with Crippen molar-refractivity contribution in [2.45, 2.75) is 52.1 Å². The molecule has 2 aromatic carbocycles. The van der Waals surface area contributed by atoms with Crippen molar-refractivity contribution >= 4 is 5.91 Å². The second kappa shape index (κ2) is 8.78. The smallest absolute Gasteiger partial charge is 0.260 e. The van der Waals surface area contributed by atoms with Crippen molar-refractivity contribution in [1.29, 1.82) is 0 Å². The number of rotatable bonds is 6. The molecule has 3 rings (SSSR count). The number of nitrogens with one attached hydrogen (secondary N) is 1. The molecule has 4 heteroatoms. The Morgan fingerprint density at radius 1 is 1.14 bits per heavy atom. The van der Waals surface area contributed by atoms with Gasteiger partial charge in [0.25, 0.3) is 5.91 Å². The molecule has 0 bridgehead atoms. The second-order valence-electron chi connectivity index (χ2n) is 7.94. The predicted molar refractivity (Wildman–Crippen MR) is 112 cm³/mol. The zero-order chi connectivity index (χ0) is 20.1. The molecule has 0 saturated carbocycles. The van der Waals surface area contributed by atoms with Crippen LogP contribution in [0.2, 0.25) is 0 Å². The Labute approximate surface area is 168 Å². The first-order chi connectivity index (χ1) is 13.4. The van der Waals surface area contributed by atoms with Crippen molar-refractivity contribution < 1.29 is 14.3 Å². The summed E-state index contributed by atoms with van der Waals surface area (Å²) in [5.41, 5.74) is 4.57. The van der Waals surface area contributed by atoms with Crippen molar-refractivity contribution in [2.24, 2.45) is 0 Å². The number of aryl methyl sites for hydroxylation is 2. The van der Waals surface area contributed by atoms with E-state index in [9.17, 15) is 4.79 Å². The highest BCUT2D eigenvalue weighted by molar-refractivity contribution is 5.80. The number of amides is 1. The number of carbonyl (C=O) groups is 1. The van der Waals surface area contributed by atoms with Crippen LogP contribution in [0.5, 0.6) is 5.75 Å². The highest BCUT2D eigenvalue weighted by atomic mass is 16.5. The SMILES string of the molecule is Cc1cc(C)c(C)c(OC(C)C(=O)NCC2(c3ccccc3)CCOCC2)c1. The van der Waals surface area contributed by atoms with Crippen LogP contribution in [0.25, 0.3) is 0 Å². The predicted octanol–water partition coefficient (Wildman–Crippen LogP) is 4.24. The van der Waals surface area contributed by atoms with Gasteiger partial charge in [-0.05, 0) is 68.9 Å². The topological polar surface area (TPSA) is 47.6 Å². The molecular formula is C24H31NO3. The van der Waals surface area contributed by atoms with Gasteiger partial charge in [-0.1, -0.05) is 36.4 Å². The molecular weight excluding hydrogens is 350 g/mol. The molecule has 1 N–H and O–H groups in total. The first kappa shape index (κ1) is 20.4. The van der Waals surface area contributed by atoms with E-state index in [2.05, 4.69) is 42.6 Å². The van der Waals surface area contributed by atoms with Crippen LogP contribution in [0.1, 0.15) is 42.0 Å². The monoisotopic (exact) mass is 381 g/mol. The zero-order valence-corrected chi connectivity index (χ0v) is 17.4. The third-order valence-electron chi connectivity index (χ3n) is 5.87. The number of hydrogen-bond acceptors (Lipinski definition) is 3. The Hall–Kier alpha value is -2.33. The van der Waals surface area contributed by atoms with Crippen LogP contribution in [0, 0.1) is 20.8 Å². The molecule has 0 radical (unpaired) electrons. The highest BCUT2D eigenvalue weighted by Gasteiger charge is 2.35. The summed E-state index contributed by atoms with van der Waals surface area (Å²) in [6.07, 6.45) is 1.26. The fourth-order valence-electron chi connectivity index (χ4n) is 3.89. The van der Waals surface area contributed by atoms with E-state index < -0.39 is 6.10 Å². The number of ether oxygens (including phenoxy) is 2. The van der Waals surface area contributed by atoms with Gasteiger partial charge in [0.05, 0.1) is 0 Å². The molecule has 2 aromatic rings. The van der Waals surface area contributed by atoms with E-state index in [1.807, 2.05) is 32.9 Å². The molecule has 4 nitrogen and oxygen atoms in total. The van der Waals surface area contributed by atoms with Gasteiger partial charge in [0.15, 0.2) is 6.10 Å². The summed E-state index contributed by atoms with van der Waals surface area (Å²) in [5, 5.41) is 3.14. The van der Waals surface area contributed by atoms with E-state index in [1.165, 1.54) is 11.1 Å². The molecule has 1 aliphatic rings. The lowest BCUT2D eigenvalue weighted by molar-refractivity contribution is -0.127. The standard InChI is InChI=1S/C24H31NO3/c1-17-14-18(2)19(3)22(15-17)28-20(4)23(26)25-16-24(10-12-27-13-11-24)21-8-6-5-7-9-21/h5-9,14-15,20H,10-13,16H2,1-4H3,(H,25,26). The van der Waals surface area contributed by atoms with Gasteiger partial charge in [-0.15, -0.1) is 0 Å². The van der Waals surface area contributed by atoms with Crippen LogP contribution in [0.15, 0.2) is 42.5 Å². The van der Waals surface area contributed by atoms with Gasteiger partial charge in [0, 0.05) is 25.2 Å². The van der Waals surface area contributed by atoms with Crippen molar-refractivity contribution in [2.75, 3.05) is 19.8 Å².